The van der Waals surface area contributed by atoms with E-state index in [0.717, 1.165) is 12.8 Å². The molecule has 0 rings (SSSR count). The second kappa shape index (κ2) is 26.0. The Balaban J connectivity index is 0. The SMILES string of the molecule is CCCCCCCCCCCCCC(=O)N(C)CCC(=O)O.OCCN(CCO)CCO. The van der Waals surface area contributed by atoms with Crippen molar-refractivity contribution in [2.75, 3.05) is 53.0 Å². The number of rotatable bonds is 21. The van der Waals surface area contributed by atoms with Crippen molar-refractivity contribution in [1.82, 2.24) is 9.80 Å². The van der Waals surface area contributed by atoms with E-state index in [4.69, 9.17) is 20.4 Å². The Morgan fingerprint density at radius 3 is 1.41 bits per heavy atom. The molecule has 0 saturated carbocycles. The fourth-order valence-electron chi connectivity index (χ4n) is 3.28. The number of aliphatic carboxylic acids is 1. The number of hydrogen-bond acceptors (Lipinski definition) is 6. The van der Waals surface area contributed by atoms with Crippen LogP contribution in [-0.2, 0) is 9.59 Å². The summed E-state index contributed by atoms with van der Waals surface area (Å²) in [5.74, 6) is -0.786. The Labute approximate surface area is 195 Å². The molecular formula is C24H50N2O6. The van der Waals surface area contributed by atoms with Crippen molar-refractivity contribution >= 4 is 11.9 Å². The van der Waals surface area contributed by atoms with E-state index >= 15 is 0 Å². The van der Waals surface area contributed by atoms with E-state index in [0.29, 0.717) is 32.6 Å². The third kappa shape index (κ3) is 25.0. The quantitative estimate of drug-likeness (QED) is 0.194. The van der Waals surface area contributed by atoms with Crippen LogP contribution in [0.25, 0.3) is 0 Å². The molecule has 0 atom stereocenters. The largest absolute Gasteiger partial charge is 0.481 e. The van der Waals surface area contributed by atoms with Gasteiger partial charge in [0.1, 0.15) is 0 Å². The van der Waals surface area contributed by atoms with Crippen LogP contribution in [0.5, 0.6) is 0 Å². The maximum atomic E-state index is 11.7. The highest BCUT2D eigenvalue weighted by Crippen LogP contribution is 2.12. The molecule has 0 spiro atoms. The number of nitrogens with zero attached hydrogens (tertiary/aromatic N) is 2. The molecule has 0 aliphatic heterocycles. The van der Waals surface area contributed by atoms with Gasteiger partial charge in [-0.3, -0.25) is 14.5 Å². The third-order valence-corrected chi connectivity index (χ3v) is 5.33. The number of carboxylic acid groups (broad SMARTS) is 1. The summed E-state index contributed by atoms with van der Waals surface area (Å²) in [6.45, 7) is 4.31. The van der Waals surface area contributed by atoms with E-state index in [1.165, 1.54) is 62.7 Å². The molecule has 192 valence electrons. The van der Waals surface area contributed by atoms with Crippen LogP contribution in [0, 0.1) is 0 Å². The molecule has 0 aromatic rings. The van der Waals surface area contributed by atoms with Crippen molar-refractivity contribution in [3.63, 3.8) is 0 Å². The first-order valence-electron chi connectivity index (χ1n) is 12.4. The number of carbonyl (C=O) groups is 2. The van der Waals surface area contributed by atoms with Gasteiger partial charge in [-0.1, -0.05) is 71.1 Å². The number of aliphatic hydroxyl groups is 3. The van der Waals surface area contributed by atoms with Gasteiger partial charge in [-0.15, -0.1) is 0 Å². The number of carboxylic acids is 1. The Kier molecular flexibility index (Phi) is 26.8. The maximum absolute atomic E-state index is 11.7. The highest BCUT2D eigenvalue weighted by Gasteiger charge is 2.09. The van der Waals surface area contributed by atoms with Crippen LogP contribution in [0.1, 0.15) is 90.4 Å². The molecule has 8 nitrogen and oxygen atoms in total. The van der Waals surface area contributed by atoms with Crippen molar-refractivity contribution in [3.8, 4) is 0 Å². The number of carbonyl (C=O) groups excluding carboxylic acids is 1. The molecule has 0 unspecified atom stereocenters. The predicted octanol–water partition coefficient (Wildman–Crippen LogP) is 2.89. The van der Waals surface area contributed by atoms with Gasteiger partial charge in [0.25, 0.3) is 0 Å². The molecule has 4 N–H and O–H groups in total. The van der Waals surface area contributed by atoms with Crippen LogP contribution >= 0.6 is 0 Å². The molecule has 32 heavy (non-hydrogen) atoms. The molecule has 0 aliphatic rings. The first-order valence-corrected chi connectivity index (χ1v) is 12.4. The van der Waals surface area contributed by atoms with Gasteiger partial charge in [-0.2, -0.15) is 0 Å². The van der Waals surface area contributed by atoms with Crippen molar-refractivity contribution in [2.45, 2.75) is 90.4 Å². The summed E-state index contributed by atoms with van der Waals surface area (Å²) >= 11 is 0. The predicted molar refractivity (Wildman–Crippen MR) is 129 cm³/mol. The fourth-order valence-corrected chi connectivity index (χ4v) is 3.28. The standard InChI is InChI=1S/C18H35NO3.C6H15NO3/c1-3-4-5-6-7-8-9-10-11-12-13-14-17(20)19(2)16-15-18(21)22;8-4-1-7(2-5-9)3-6-10/h3-16H2,1-2H3,(H,21,22);8-10H,1-6H2. The van der Waals surface area contributed by atoms with Crippen LogP contribution in [0.3, 0.4) is 0 Å². The van der Waals surface area contributed by atoms with Crippen molar-refractivity contribution in [1.29, 1.82) is 0 Å². The molecule has 0 fully saturated rings. The number of amides is 1. The van der Waals surface area contributed by atoms with E-state index in [1.54, 1.807) is 11.9 Å². The number of hydrogen-bond donors (Lipinski definition) is 4. The Morgan fingerprint density at radius 2 is 1.03 bits per heavy atom. The van der Waals surface area contributed by atoms with Crippen LogP contribution in [0.15, 0.2) is 0 Å². The zero-order valence-electron chi connectivity index (χ0n) is 20.6. The molecule has 0 heterocycles. The number of aliphatic hydroxyl groups excluding tert-OH is 3. The highest BCUT2D eigenvalue weighted by molar-refractivity contribution is 5.76. The van der Waals surface area contributed by atoms with Crippen LogP contribution in [0.2, 0.25) is 0 Å². The second-order valence-electron chi connectivity index (χ2n) is 8.26. The Hall–Kier alpha value is -1.22. The molecule has 0 saturated heterocycles. The Morgan fingerprint density at radius 1 is 0.625 bits per heavy atom. The topological polar surface area (TPSA) is 122 Å². The maximum Gasteiger partial charge on any atom is 0.305 e. The van der Waals surface area contributed by atoms with E-state index < -0.39 is 5.97 Å². The molecule has 0 aromatic heterocycles. The summed E-state index contributed by atoms with van der Waals surface area (Å²) in [7, 11) is 1.68. The fraction of sp³-hybridized carbons (Fsp3) is 0.917. The average molecular weight is 463 g/mol. The highest BCUT2D eigenvalue weighted by atomic mass is 16.4. The lowest BCUT2D eigenvalue weighted by molar-refractivity contribution is -0.138. The molecule has 0 radical (unpaired) electrons. The van der Waals surface area contributed by atoms with Gasteiger partial charge < -0.3 is 25.3 Å². The first-order chi connectivity index (χ1) is 15.4. The summed E-state index contributed by atoms with van der Waals surface area (Å²) in [6, 6.07) is 0. The van der Waals surface area contributed by atoms with Gasteiger partial charge in [-0.05, 0) is 6.42 Å². The zero-order valence-corrected chi connectivity index (χ0v) is 20.6. The molecular weight excluding hydrogens is 412 g/mol. The van der Waals surface area contributed by atoms with Gasteiger partial charge in [0, 0.05) is 39.6 Å². The summed E-state index contributed by atoms with van der Waals surface area (Å²) < 4.78 is 0. The zero-order chi connectivity index (χ0) is 24.5. The van der Waals surface area contributed by atoms with Crippen LogP contribution in [-0.4, -0.2) is 95.1 Å². The van der Waals surface area contributed by atoms with Crippen LogP contribution in [0.4, 0.5) is 0 Å². The lowest BCUT2D eigenvalue weighted by Gasteiger charge is -2.17. The van der Waals surface area contributed by atoms with Gasteiger partial charge in [0.2, 0.25) is 5.91 Å². The Bertz CT molecular complexity index is 409. The third-order valence-electron chi connectivity index (χ3n) is 5.33. The van der Waals surface area contributed by atoms with Crippen LogP contribution < -0.4 is 0 Å². The molecule has 1 amide bonds. The molecule has 0 bridgehead atoms. The van der Waals surface area contributed by atoms with Gasteiger partial charge in [0.05, 0.1) is 26.2 Å². The summed E-state index contributed by atoms with van der Waals surface area (Å²) in [4.78, 5) is 25.5. The van der Waals surface area contributed by atoms with E-state index in [9.17, 15) is 9.59 Å². The van der Waals surface area contributed by atoms with E-state index in [1.807, 2.05) is 0 Å². The van der Waals surface area contributed by atoms with Crippen molar-refractivity contribution < 1.29 is 30.0 Å². The van der Waals surface area contributed by atoms with Crippen molar-refractivity contribution in [2.24, 2.45) is 0 Å². The molecule has 0 aromatic carbocycles. The smallest absolute Gasteiger partial charge is 0.305 e. The normalized spacial score (nSPS) is 10.7. The summed E-state index contributed by atoms with van der Waals surface area (Å²) in [6.07, 6.45) is 14.6. The molecule has 0 aliphatic carbocycles. The first kappa shape index (κ1) is 33.0. The van der Waals surface area contributed by atoms with Gasteiger partial charge in [0.15, 0.2) is 0 Å². The minimum Gasteiger partial charge on any atom is -0.481 e. The summed E-state index contributed by atoms with van der Waals surface area (Å²) in [5.41, 5.74) is 0. The van der Waals surface area contributed by atoms with Gasteiger partial charge >= 0.3 is 5.97 Å². The van der Waals surface area contributed by atoms with Gasteiger partial charge in [-0.25, -0.2) is 0 Å². The lowest BCUT2D eigenvalue weighted by atomic mass is 10.1. The van der Waals surface area contributed by atoms with E-state index in [-0.39, 0.29) is 32.1 Å². The second-order valence-corrected chi connectivity index (χ2v) is 8.26. The number of unbranched alkanes of at least 4 members (excludes halogenated alkanes) is 10. The monoisotopic (exact) mass is 462 g/mol. The lowest BCUT2D eigenvalue weighted by Crippen LogP contribution is -2.32. The minimum atomic E-state index is -0.852. The summed E-state index contributed by atoms with van der Waals surface area (Å²) in [5, 5.41) is 34.0. The van der Waals surface area contributed by atoms with Crippen molar-refractivity contribution in [3.05, 3.63) is 0 Å². The molecule has 8 heteroatoms. The van der Waals surface area contributed by atoms with E-state index in [2.05, 4.69) is 6.92 Å². The minimum absolute atomic E-state index is 0.0283. The average Bonchev–Trinajstić information content (AvgIpc) is 2.76.